The Morgan fingerprint density at radius 3 is 1.49 bits per heavy atom. The molecule has 36 heteroatoms. The van der Waals surface area contributed by atoms with Gasteiger partial charge in [-0.25, -0.2) is 0 Å². The first-order valence-electron chi connectivity index (χ1n) is 36.4. The molecule has 0 saturated carbocycles. The molecule has 0 saturated heterocycles. The monoisotopic (exact) mass is 1500 g/mol. The van der Waals surface area contributed by atoms with Gasteiger partial charge in [-0.05, 0) is 145 Å². The second-order valence-electron chi connectivity index (χ2n) is 27.0. The molecule has 0 spiro atoms. The number of nitrogens with one attached hydrogen (secondary N) is 14. The predicted molar refractivity (Wildman–Crippen MR) is 399 cm³/mol. The first-order chi connectivity index (χ1) is 50.9. The maximum atomic E-state index is 14.0. The fourth-order valence-corrected chi connectivity index (χ4v) is 10.9. The molecule has 594 valence electrons. The van der Waals surface area contributed by atoms with Crippen molar-refractivity contribution >= 4 is 99.6 Å². The van der Waals surface area contributed by atoms with Crippen molar-refractivity contribution in [1.82, 2.24) is 74.1 Å². The molecular weight excluding hydrogens is 1390 g/mol. The van der Waals surface area contributed by atoms with Gasteiger partial charge in [-0.2, -0.15) is 0 Å². The number of benzene rings is 2. The highest BCUT2D eigenvalue weighted by atomic mass is 16.3. The van der Waals surface area contributed by atoms with Crippen LogP contribution in [-0.4, -0.2) is 211 Å². The minimum Gasteiger partial charge on any atom is -0.508 e. The number of aliphatic hydroxyl groups excluding tert-OH is 1. The average molecular weight is 1500 g/mol. The molecule has 0 aliphatic carbocycles. The van der Waals surface area contributed by atoms with Crippen LogP contribution in [0.25, 0.3) is 10.9 Å². The number of carbonyl (C=O) groups is 14. The molecule has 36 nitrogen and oxygen atoms in total. The lowest BCUT2D eigenvalue weighted by Gasteiger charge is -2.26. The second-order valence-corrected chi connectivity index (χ2v) is 27.0. The van der Waals surface area contributed by atoms with Crippen LogP contribution in [0.5, 0.6) is 5.75 Å². The van der Waals surface area contributed by atoms with Crippen LogP contribution < -0.4 is 97.8 Å². The van der Waals surface area contributed by atoms with Crippen LogP contribution >= 0.6 is 0 Å². The van der Waals surface area contributed by atoms with Gasteiger partial charge in [0, 0.05) is 69.0 Å². The van der Waals surface area contributed by atoms with Crippen molar-refractivity contribution in [2.24, 2.45) is 45.5 Å². The third-order valence-electron chi connectivity index (χ3n) is 16.7. The van der Waals surface area contributed by atoms with Crippen molar-refractivity contribution in [3.05, 3.63) is 65.9 Å². The topological polar surface area (TPSA) is 594 Å². The number of aromatic nitrogens is 1. The van der Waals surface area contributed by atoms with E-state index in [2.05, 4.69) is 79.1 Å². The van der Waals surface area contributed by atoms with Gasteiger partial charge in [0.15, 0.2) is 5.96 Å². The smallest absolute Gasteiger partial charge is 0.243 e. The summed E-state index contributed by atoms with van der Waals surface area (Å²) in [6, 6.07) is 4.55. The van der Waals surface area contributed by atoms with Crippen LogP contribution in [0, 0.1) is 11.8 Å². The molecular formula is C71H114N20O16. The van der Waals surface area contributed by atoms with Gasteiger partial charge in [0.05, 0.1) is 32.3 Å². The molecule has 3 rings (SSSR count). The van der Waals surface area contributed by atoms with Gasteiger partial charge < -0.3 is 113 Å². The van der Waals surface area contributed by atoms with Crippen molar-refractivity contribution in [3.8, 4) is 5.75 Å². The Labute approximate surface area is 623 Å². The van der Waals surface area contributed by atoms with E-state index in [-0.39, 0.29) is 119 Å². The summed E-state index contributed by atoms with van der Waals surface area (Å²) in [4.78, 5) is 189. The molecule has 0 bridgehead atoms. The van der Waals surface area contributed by atoms with Crippen LogP contribution in [0.3, 0.4) is 0 Å². The third-order valence-corrected chi connectivity index (χ3v) is 16.7. The van der Waals surface area contributed by atoms with Crippen LogP contribution in [0.15, 0.2) is 59.7 Å². The lowest BCUT2D eigenvalue weighted by Crippen LogP contribution is -2.58. The largest absolute Gasteiger partial charge is 0.508 e. The minimum atomic E-state index is -1.40. The molecule has 0 fully saturated rings. The summed E-state index contributed by atoms with van der Waals surface area (Å²) in [5.41, 5.74) is 30.6. The zero-order chi connectivity index (χ0) is 79.4. The van der Waals surface area contributed by atoms with Gasteiger partial charge in [0.2, 0.25) is 82.7 Å². The zero-order valence-corrected chi connectivity index (χ0v) is 62.0. The van der Waals surface area contributed by atoms with Crippen LogP contribution in [-0.2, 0) is 80.0 Å². The average Bonchev–Trinajstić information content (AvgIpc) is 1.82. The van der Waals surface area contributed by atoms with Crippen molar-refractivity contribution in [3.63, 3.8) is 0 Å². The van der Waals surface area contributed by atoms with Crippen LogP contribution in [0.1, 0.15) is 148 Å². The number of rotatable bonds is 53. The molecule has 107 heavy (non-hydrogen) atoms. The highest BCUT2D eigenvalue weighted by Crippen LogP contribution is 2.20. The Hall–Kier alpha value is -10.5. The van der Waals surface area contributed by atoms with Gasteiger partial charge in [-0.1, -0.05) is 58.0 Å². The number of phenols is 1. The second kappa shape index (κ2) is 50.1. The Morgan fingerprint density at radius 1 is 0.458 bits per heavy atom. The molecule has 0 radical (unpaired) electrons. The number of amides is 14. The van der Waals surface area contributed by atoms with Gasteiger partial charge in [0.25, 0.3) is 0 Å². The summed E-state index contributed by atoms with van der Waals surface area (Å²) in [5, 5.41) is 53.9. The van der Waals surface area contributed by atoms with E-state index in [9.17, 15) is 77.3 Å². The number of phenolic OH excluding ortho intramolecular Hbond substituents is 1. The molecule has 3 aromatic rings. The van der Waals surface area contributed by atoms with Crippen LogP contribution in [0.2, 0.25) is 0 Å². The van der Waals surface area contributed by atoms with E-state index in [1.54, 1.807) is 46.0 Å². The number of aliphatic imine (C=N–C) groups is 1. The number of nitrogens with zero attached hydrogens (tertiary/aromatic N) is 1. The number of unbranched alkanes of at least 4 members (excludes halogenated alkanes) is 4. The number of carbonyl (C=O) groups excluding carboxylic acids is 14. The molecule has 0 aliphatic heterocycles. The summed E-state index contributed by atoms with van der Waals surface area (Å²) in [5.74, 6) is -9.32. The number of aromatic hydroxyl groups is 1. The van der Waals surface area contributed by atoms with Crippen molar-refractivity contribution < 1.29 is 77.3 Å². The molecule has 1 heterocycles. The highest BCUT2D eigenvalue weighted by Gasteiger charge is 2.32. The van der Waals surface area contributed by atoms with E-state index in [4.69, 9.17) is 28.7 Å². The Kier molecular flexibility index (Phi) is 42.5. The van der Waals surface area contributed by atoms with E-state index in [1.807, 2.05) is 24.3 Å². The SMILES string of the molecule is CC(C)C[C@H](NC(=O)CNC(=O)[C@H](C)NC(=O)CNC(=O)[C@H](CCCN=C(N)N)NC(=O)CNC(=O)CCCCNC(=O)CCCCNC(=O)CCCCNC(=O)[C@H](CCCCN)NC(=O)[C@H](Cc1ccc(O)cc1)NC(=O)[C@@H](N)Cc1c[nH]c2ccccc12)C(=O)N[C@@H](CC(C)C)C(=O)N[C@@H](CO)C(N)=O. The highest BCUT2D eigenvalue weighted by molar-refractivity contribution is 5.97. The summed E-state index contributed by atoms with van der Waals surface area (Å²) < 4.78 is 0. The number of aliphatic hydroxyl groups is 1. The minimum absolute atomic E-state index is 0.00613. The number of hydrogen-bond donors (Lipinski definition) is 21. The molecule has 14 amide bonds. The Morgan fingerprint density at radius 2 is 0.925 bits per heavy atom. The first-order valence-corrected chi connectivity index (χ1v) is 36.4. The number of primary amides is 1. The quantitative estimate of drug-likeness (QED) is 0.0147. The molecule has 0 unspecified atom stereocenters. The van der Waals surface area contributed by atoms with E-state index < -0.39 is 145 Å². The summed E-state index contributed by atoms with van der Waals surface area (Å²) >= 11 is 0. The number of H-pyrrole nitrogens is 1. The van der Waals surface area contributed by atoms with Gasteiger partial charge in [0.1, 0.15) is 48.0 Å². The lowest BCUT2D eigenvalue weighted by molar-refractivity contribution is -0.134. The number of hydrogen-bond acceptors (Lipinski definition) is 19. The normalized spacial score (nSPS) is 13.3. The predicted octanol–water partition coefficient (Wildman–Crippen LogP) is -3.64. The zero-order valence-electron chi connectivity index (χ0n) is 62.0. The van der Waals surface area contributed by atoms with Gasteiger partial charge in [-0.3, -0.25) is 72.1 Å². The van der Waals surface area contributed by atoms with Crippen molar-refractivity contribution in [2.45, 2.75) is 199 Å². The maximum Gasteiger partial charge on any atom is 0.243 e. The number of guanidine groups is 1. The van der Waals surface area contributed by atoms with E-state index in [0.29, 0.717) is 70.0 Å². The van der Waals surface area contributed by atoms with Gasteiger partial charge in [-0.15, -0.1) is 0 Å². The van der Waals surface area contributed by atoms with Crippen LogP contribution in [0.4, 0.5) is 0 Å². The Bertz CT molecular complexity index is 3420. The van der Waals surface area contributed by atoms with Crippen molar-refractivity contribution in [1.29, 1.82) is 0 Å². The molecule has 26 N–H and O–H groups in total. The standard InChI is InChI=1S/C71H114N20O16/c1-42(2)33-53(68(105)90-54(34-43(3)4)69(106)91-56(41-92)63(74)100)87-62(99)40-83-64(101)44(5)85-60(97)39-84-67(104)51(20-16-32-80-71(75)76)86-61(98)38-82-59(96)23-10-14-30-78-57(94)21-9-13-29-77-58(95)22-11-15-31-79-66(103)52(19-8-12-28-72)88-70(107)55(35-45-24-26-47(93)27-25-45)89-65(102)49(73)36-46-37-81-50-18-7-6-17-48(46)50/h6-7,17-18,24-27,37,42-44,49,51-56,81,92-93H,8-16,19-23,28-36,38-41,72-73H2,1-5H3,(H2,74,100)(H,77,95)(H,78,94)(H,79,103)(H,82,96)(H,83,101)(H,84,104)(H,85,97)(H,86,98)(H,87,99)(H,88,107)(H,89,102)(H,90,105)(H,91,106)(H4,75,76,80)/t44-,49-,51-,52-,53-,54-,55-,56-/m0/s1. The fourth-order valence-electron chi connectivity index (χ4n) is 10.9. The maximum absolute atomic E-state index is 14.0. The summed E-state index contributed by atoms with van der Waals surface area (Å²) in [6.07, 6.45) is 7.08. The van der Waals surface area contributed by atoms with Gasteiger partial charge >= 0.3 is 0 Å². The third kappa shape index (κ3) is 37.9. The van der Waals surface area contributed by atoms with E-state index >= 15 is 0 Å². The molecule has 0 aliphatic rings. The molecule has 1 aromatic heterocycles. The first kappa shape index (κ1) is 90.7. The number of nitrogens with two attached hydrogens (primary N) is 5. The summed E-state index contributed by atoms with van der Waals surface area (Å²) in [7, 11) is 0. The number of fused-ring (bicyclic) bond motifs is 1. The van der Waals surface area contributed by atoms with E-state index in [0.717, 1.165) is 16.5 Å². The molecule has 8 atom stereocenters. The molecule has 2 aromatic carbocycles. The lowest BCUT2D eigenvalue weighted by atomic mass is 10.00. The van der Waals surface area contributed by atoms with Crippen molar-refractivity contribution in [2.75, 3.05) is 59.0 Å². The summed E-state index contributed by atoms with van der Waals surface area (Å²) in [6.45, 7) is 7.25. The number of aromatic amines is 1. The number of para-hydroxylation sites is 1. The van der Waals surface area contributed by atoms with E-state index in [1.165, 1.54) is 19.1 Å². The Balaban J connectivity index is 1.34. The fraction of sp³-hybridized carbons (Fsp3) is 0.592.